The molecule has 0 bridgehead atoms. The van der Waals surface area contributed by atoms with E-state index < -0.39 is 22.1 Å². The lowest BCUT2D eigenvalue weighted by Gasteiger charge is -2.11. The molecule has 1 aromatic heterocycles. The van der Waals surface area contributed by atoms with Gasteiger partial charge in [-0.2, -0.15) is 5.10 Å². The van der Waals surface area contributed by atoms with Crippen molar-refractivity contribution < 1.29 is 26.3 Å². The number of sulfonamides is 1. The van der Waals surface area contributed by atoms with E-state index in [0.717, 1.165) is 35.4 Å². The molecular formula is C17H15F3N4O3S. The average Bonchev–Trinajstić information content (AvgIpc) is 3.12. The number of rotatable bonds is 7. The molecule has 3 aromatic rings. The number of aromatic nitrogens is 3. The van der Waals surface area contributed by atoms with Gasteiger partial charge in [-0.15, -0.1) is 13.2 Å². The van der Waals surface area contributed by atoms with Crippen LogP contribution < -0.4 is 9.46 Å². The van der Waals surface area contributed by atoms with Crippen molar-refractivity contribution in [1.82, 2.24) is 19.5 Å². The Kier molecular flexibility index (Phi) is 5.66. The summed E-state index contributed by atoms with van der Waals surface area (Å²) >= 11 is 0. The first kappa shape index (κ1) is 19.8. The van der Waals surface area contributed by atoms with Gasteiger partial charge in [-0.1, -0.05) is 24.3 Å². The van der Waals surface area contributed by atoms with Crippen LogP contribution in [-0.4, -0.2) is 29.5 Å². The lowest BCUT2D eigenvalue weighted by atomic mass is 10.1. The van der Waals surface area contributed by atoms with Crippen LogP contribution in [0.25, 0.3) is 0 Å². The van der Waals surface area contributed by atoms with Gasteiger partial charge in [-0.3, -0.25) is 0 Å². The van der Waals surface area contributed by atoms with Crippen molar-refractivity contribution in [3.05, 3.63) is 72.3 Å². The minimum absolute atomic E-state index is 0.0222. The van der Waals surface area contributed by atoms with Crippen LogP contribution in [0.2, 0.25) is 0 Å². The topological polar surface area (TPSA) is 86.1 Å². The molecule has 148 valence electrons. The summed E-state index contributed by atoms with van der Waals surface area (Å²) in [5.41, 5.74) is 1.63. The minimum Gasteiger partial charge on any atom is -0.406 e. The molecule has 7 nitrogen and oxygen atoms in total. The molecule has 0 saturated heterocycles. The van der Waals surface area contributed by atoms with Crippen molar-refractivity contribution in [1.29, 1.82) is 0 Å². The van der Waals surface area contributed by atoms with Crippen molar-refractivity contribution in [3.63, 3.8) is 0 Å². The van der Waals surface area contributed by atoms with Crippen LogP contribution in [0.4, 0.5) is 13.2 Å². The highest BCUT2D eigenvalue weighted by Gasteiger charge is 2.31. The number of alkyl halides is 3. The normalized spacial score (nSPS) is 12.1. The van der Waals surface area contributed by atoms with Crippen LogP contribution in [0.1, 0.15) is 11.1 Å². The largest absolute Gasteiger partial charge is 0.573 e. The standard InChI is InChI=1S/C17H15F3N4O3S/c18-17(19,20)27-15-4-6-16(7-5-15)28(25,26)23-9-13-2-1-3-14(8-13)10-24-12-21-11-22-24/h1-8,11-12,23H,9-10H2. The molecule has 2 aromatic carbocycles. The highest BCUT2D eigenvalue weighted by Crippen LogP contribution is 2.24. The third-order valence-electron chi connectivity index (χ3n) is 3.64. The molecular weight excluding hydrogens is 397 g/mol. The molecule has 11 heteroatoms. The summed E-state index contributed by atoms with van der Waals surface area (Å²) in [6.07, 6.45) is -1.85. The maximum absolute atomic E-state index is 12.3. The van der Waals surface area contributed by atoms with E-state index in [-0.39, 0.29) is 11.4 Å². The first-order valence-corrected chi connectivity index (χ1v) is 9.45. The van der Waals surface area contributed by atoms with Crippen LogP contribution in [-0.2, 0) is 23.1 Å². The van der Waals surface area contributed by atoms with E-state index in [1.807, 2.05) is 12.1 Å². The Balaban J connectivity index is 1.65. The van der Waals surface area contributed by atoms with Gasteiger partial charge in [0.15, 0.2) is 0 Å². The third kappa shape index (κ3) is 5.54. The molecule has 0 aliphatic carbocycles. The van der Waals surface area contributed by atoms with Gasteiger partial charge in [0.1, 0.15) is 18.4 Å². The Morgan fingerprint density at radius 1 is 1.07 bits per heavy atom. The fourth-order valence-corrected chi connectivity index (χ4v) is 3.44. The molecule has 0 saturated carbocycles. The molecule has 1 N–H and O–H groups in total. The van der Waals surface area contributed by atoms with Crippen molar-refractivity contribution in [3.8, 4) is 5.75 Å². The molecule has 0 aliphatic rings. The monoisotopic (exact) mass is 412 g/mol. The molecule has 0 amide bonds. The van der Waals surface area contributed by atoms with E-state index in [1.165, 1.54) is 6.33 Å². The van der Waals surface area contributed by atoms with Gasteiger partial charge < -0.3 is 4.74 Å². The van der Waals surface area contributed by atoms with E-state index in [1.54, 1.807) is 23.1 Å². The average molecular weight is 412 g/mol. The Bertz CT molecular complexity index is 1020. The molecule has 0 aliphatic heterocycles. The molecule has 0 spiro atoms. The molecule has 0 fully saturated rings. The molecule has 0 atom stereocenters. The lowest BCUT2D eigenvalue weighted by molar-refractivity contribution is -0.274. The fraction of sp³-hybridized carbons (Fsp3) is 0.176. The van der Waals surface area contributed by atoms with Crippen LogP contribution in [0.5, 0.6) is 5.75 Å². The van der Waals surface area contributed by atoms with Crippen molar-refractivity contribution in [2.75, 3.05) is 0 Å². The van der Waals surface area contributed by atoms with Gasteiger partial charge in [0.25, 0.3) is 0 Å². The Morgan fingerprint density at radius 2 is 1.79 bits per heavy atom. The van der Waals surface area contributed by atoms with Gasteiger partial charge >= 0.3 is 6.36 Å². The second-order valence-electron chi connectivity index (χ2n) is 5.76. The SMILES string of the molecule is O=S(=O)(NCc1cccc(Cn2cncn2)c1)c1ccc(OC(F)(F)F)cc1. The highest BCUT2D eigenvalue weighted by atomic mass is 32.2. The highest BCUT2D eigenvalue weighted by molar-refractivity contribution is 7.89. The second kappa shape index (κ2) is 7.98. The summed E-state index contributed by atoms with van der Waals surface area (Å²) in [5.74, 6) is -0.493. The number of halogens is 3. The number of ether oxygens (including phenoxy) is 1. The van der Waals surface area contributed by atoms with Crippen LogP contribution >= 0.6 is 0 Å². The maximum atomic E-state index is 12.3. The first-order valence-electron chi connectivity index (χ1n) is 7.97. The molecule has 3 rings (SSSR count). The van der Waals surface area contributed by atoms with Gasteiger partial charge in [-0.25, -0.2) is 22.8 Å². The summed E-state index contributed by atoms with van der Waals surface area (Å²) in [6, 6.07) is 11.2. The Labute approximate surface area is 158 Å². The van der Waals surface area contributed by atoms with Crippen molar-refractivity contribution >= 4 is 10.0 Å². The Hall–Kier alpha value is -2.92. The van der Waals surface area contributed by atoms with Crippen molar-refractivity contribution in [2.24, 2.45) is 0 Å². The van der Waals surface area contributed by atoms with Gasteiger partial charge in [-0.05, 0) is 35.4 Å². The van der Waals surface area contributed by atoms with Crippen molar-refractivity contribution in [2.45, 2.75) is 24.3 Å². The van der Waals surface area contributed by atoms with E-state index in [4.69, 9.17) is 0 Å². The number of hydrogen-bond donors (Lipinski definition) is 1. The number of hydrogen-bond acceptors (Lipinski definition) is 5. The summed E-state index contributed by atoms with van der Waals surface area (Å²) in [4.78, 5) is 3.69. The summed E-state index contributed by atoms with van der Waals surface area (Å²) in [6.45, 7) is 0.510. The summed E-state index contributed by atoms with van der Waals surface area (Å²) < 4.78 is 69.0. The zero-order valence-electron chi connectivity index (χ0n) is 14.3. The van der Waals surface area contributed by atoms with Crippen LogP contribution in [0.15, 0.2) is 66.1 Å². The zero-order chi connectivity index (χ0) is 20.2. The van der Waals surface area contributed by atoms with Gasteiger partial charge in [0, 0.05) is 6.54 Å². The third-order valence-corrected chi connectivity index (χ3v) is 5.05. The first-order chi connectivity index (χ1) is 13.2. The van der Waals surface area contributed by atoms with Crippen LogP contribution in [0, 0.1) is 0 Å². The number of nitrogens with one attached hydrogen (secondary N) is 1. The lowest BCUT2D eigenvalue weighted by Crippen LogP contribution is -2.23. The summed E-state index contributed by atoms with van der Waals surface area (Å²) in [5, 5.41) is 4.01. The zero-order valence-corrected chi connectivity index (χ0v) is 15.1. The molecule has 0 radical (unpaired) electrons. The predicted octanol–water partition coefficient (Wildman–Crippen LogP) is 2.70. The second-order valence-corrected chi connectivity index (χ2v) is 7.52. The molecule has 0 unspecified atom stereocenters. The maximum Gasteiger partial charge on any atom is 0.573 e. The van der Waals surface area contributed by atoms with E-state index >= 15 is 0 Å². The van der Waals surface area contributed by atoms with E-state index in [2.05, 4.69) is 19.5 Å². The van der Waals surface area contributed by atoms with Gasteiger partial charge in [0.05, 0.1) is 11.4 Å². The summed E-state index contributed by atoms with van der Waals surface area (Å²) in [7, 11) is -3.90. The molecule has 1 heterocycles. The smallest absolute Gasteiger partial charge is 0.406 e. The van der Waals surface area contributed by atoms with Gasteiger partial charge in [0.2, 0.25) is 10.0 Å². The van der Waals surface area contributed by atoms with Crippen LogP contribution in [0.3, 0.4) is 0 Å². The molecule has 28 heavy (non-hydrogen) atoms. The van der Waals surface area contributed by atoms with E-state index in [0.29, 0.717) is 6.54 Å². The minimum atomic E-state index is -4.84. The quantitative estimate of drug-likeness (QED) is 0.645. The fourth-order valence-electron chi connectivity index (χ4n) is 2.42. The number of nitrogens with zero attached hydrogens (tertiary/aromatic N) is 3. The van der Waals surface area contributed by atoms with E-state index in [9.17, 15) is 21.6 Å². The number of benzene rings is 2. The predicted molar refractivity (Wildman–Crippen MR) is 92.7 cm³/mol. The Morgan fingerprint density at radius 3 is 2.43 bits per heavy atom.